The quantitative estimate of drug-likeness (QED) is 0.514. The third-order valence-electron chi connectivity index (χ3n) is 4.13. The molecule has 1 aliphatic heterocycles. The first kappa shape index (κ1) is 20.9. The van der Waals surface area contributed by atoms with Crippen LogP contribution < -0.4 is 14.8 Å². The number of aliphatic imine (C=N–C) groups is 1. The molecule has 148 valence electrons. The Balaban J connectivity index is 2.35. The third-order valence-corrected chi connectivity index (χ3v) is 5.00. The van der Waals surface area contributed by atoms with E-state index in [-0.39, 0.29) is 23.9 Å². The Morgan fingerprint density at radius 1 is 1.30 bits per heavy atom. The Morgan fingerprint density at radius 3 is 2.48 bits per heavy atom. The number of phenols is 1. The van der Waals surface area contributed by atoms with E-state index in [1.165, 1.54) is 14.2 Å². The highest BCUT2D eigenvalue weighted by molar-refractivity contribution is 7.99. The summed E-state index contributed by atoms with van der Waals surface area (Å²) in [6, 6.07) is 1.84. The maximum atomic E-state index is 12.7. The molecule has 0 aromatic heterocycles. The van der Waals surface area contributed by atoms with Crippen LogP contribution in [0.5, 0.6) is 17.2 Å². The fourth-order valence-electron chi connectivity index (χ4n) is 2.83. The van der Waals surface area contributed by atoms with Gasteiger partial charge in [-0.15, -0.1) is 0 Å². The first-order valence-corrected chi connectivity index (χ1v) is 9.63. The van der Waals surface area contributed by atoms with Gasteiger partial charge in [0.2, 0.25) is 5.75 Å². The summed E-state index contributed by atoms with van der Waals surface area (Å²) in [7, 11) is 2.81. The van der Waals surface area contributed by atoms with E-state index in [1.807, 2.05) is 6.92 Å². The number of phenolic OH excluding ortho intramolecular Hbond substituents is 1. The van der Waals surface area contributed by atoms with Gasteiger partial charge in [-0.3, -0.25) is 4.79 Å². The lowest BCUT2D eigenvalue weighted by Crippen LogP contribution is -2.44. The smallest absolute Gasteiger partial charge is 0.341 e. The summed E-state index contributed by atoms with van der Waals surface area (Å²) >= 11 is 1.67. The molecular weight excluding hydrogens is 372 g/mol. The number of hydrogen-bond donors (Lipinski definition) is 2. The van der Waals surface area contributed by atoms with Gasteiger partial charge in [0.1, 0.15) is 12.5 Å². The molecule has 0 saturated carbocycles. The van der Waals surface area contributed by atoms with Gasteiger partial charge in [-0.05, 0) is 30.4 Å². The van der Waals surface area contributed by atoms with Crippen LogP contribution in [0.4, 0.5) is 4.79 Å². The van der Waals surface area contributed by atoms with Crippen LogP contribution in [0.25, 0.3) is 0 Å². The maximum absolute atomic E-state index is 12.7. The highest BCUT2D eigenvalue weighted by Gasteiger charge is 2.38. The van der Waals surface area contributed by atoms with Crippen molar-refractivity contribution in [1.82, 2.24) is 5.32 Å². The summed E-state index contributed by atoms with van der Waals surface area (Å²) in [5.41, 5.74) is 0.900. The molecule has 27 heavy (non-hydrogen) atoms. The zero-order valence-corrected chi connectivity index (χ0v) is 16.6. The van der Waals surface area contributed by atoms with E-state index in [0.29, 0.717) is 17.0 Å². The molecule has 1 heterocycles. The van der Waals surface area contributed by atoms with Gasteiger partial charge in [-0.2, -0.15) is 11.8 Å². The van der Waals surface area contributed by atoms with E-state index in [0.717, 1.165) is 5.75 Å². The van der Waals surface area contributed by atoms with Crippen molar-refractivity contribution in [2.45, 2.75) is 19.9 Å². The van der Waals surface area contributed by atoms with Gasteiger partial charge in [0, 0.05) is 11.5 Å². The molecule has 1 aromatic carbocycles. The highest BCUT2D eigenvalue weighted by atomic mass is 32.2. The number of hydrogen-bond acceptors (Lipinski definition) is 7. The molecule has 2 atom stereocenters. The summed E-state index contributed by atoms with van der Waals surface area (Å²) in [6.07, 6.45) is 0. The lowest BCUT2D eigenvalue weighted by molar-refractivity contribution is -0.146. The molecule has 0 aliphatic carbocycles. The second-order valence-electron chi connectivity index (χ2n) is 5.80. The molecule has 2 amide bonds. The second-order valence-corrected chi connectivity index (χ2v) is 7.19. The van der Waals surface area contributed by atoms with E-state index in [1.54, 1.807) is 30.8 Å². The number of thioether (sulfide) groups is 1. The van der Waals surface area contributed by atoms with Crippen LogP contribution in [0.2, 0.25) is 0 Å². The van der Waals surface area contributed by atoms with Crippen LogP contribution in [-0.2, 0) is 9.53 Å². The number of aromatic hydroxyl groups is 1. The molecule has 1 aromatic rings. The van der Waals surface area contributed by atoms with Gasteiger partial charge < -0.3 is 24.6 Å². The topological polar surface area (TPSA) is 106 Å². The van der Waals surface area contributed by atoms with E-state index in [2.05, 4.69) is 10.3 Å². The van der Waals surface area contributed by atoms with E-state index >= 15 is 0 Å². The fourth-order valence-corrected chi connectivity index (χ4v) is 3.32. The zero-order chi connectivity index (χ0) is 20.0. The lowest BCUT2D eigenvalue weighted by atomic mass is 9.88. The van der Waals surface area contributed by atoms with Crippen molar-refractivity contribution in [2.24, 2.45) is 10.9 Å². The number of urea groups is 1. The van der Waals surface area contributed by atoms with E-state index < -0.39 is 24.0 Å². The second kappa shape index (κ2) is 9.50. The average molecular weight is 396 g/mol. The predicted molar refractivity (Wildman–Crippen MR) is 103 cm³/mol. The SMILES string of the molecule is CCSCCOC(=O)C1C(C)=NC(=O)NC1c1cc(OC)c(O)c(OC)c1. The molecule has 0 saturated heterocycles. The summed E-state index contributed by atoms with van der Waals surface area (Å²) in [5.74, 6) is 0.565. The minimum absolute atomic E-state index is 0.160. The fraction of sp³-hybridized carbons (Fsp3) is 0.500. The molecule has 0 radical (unpaired) electrons. The molecule has 2 unspecified atom stereocenters. The molecule has 2 N–H and O–H groups in total. The predicted octanol–water partition coefficient (Wildman–Crippen LogP) is 2.55. The van der Waals surface area contributed by atoms with Crippen LogP contribution >= 0.6 is 11.8 Å². The van der Waals surface area contributed by atoms with Crippen molar-refractivity contribution in [3.8, 4) is 17.2 Å². The van der Waals surface area contributed by atoms with Crippen LogP contribution in [0.1, 0.15) is 25.5 Å². The Kier molecular flexibility index (Phi) is 7.35. The van der Waals surface area contributed by atoms with Crippen LogP contribution in [0.3, 0.4) is 0 Å². The Morgan fingerprint density at radius 2 is 1.93 bits per heavy atom. The minimum atomic E-state index is -0.784. The first-order valence-electron chi connectivity index (χ1n) is 8.47. The zero-order valence-electron chi connectivity index (χ0n) is 15.8. The van der Waals surface area contributed by atoms with Crippen LogP contribution in [0, 0.1) is 5.92 Å². The number of carbonyl (C=O) groups is 2. The Bertz CT molecular complexity index is 712. The van der Waals surface area contributed by atoms with Crippen molar-refractivity contribution in [1.29, 1.82) is 0 Å². The van der Waals surface area contributed by atoms with Gasteiger partial charge in [-0.25, -0.2) is 9.79 Å². The van der Waals surface area contributed by atoms with Crippen molar-refractivity contribution >= 4 is 29.5 Å². The number of ether oxygens (including phenoxy) is 3. The van der Waals surface area contributed by atoms with Gasteiger partial charge in [-0.1, -0.05) is 6.92 Å². The largest absolute Gasteiger partial charge is 0.502 e. The summed E-state index contributed by atoms with van der Waals surface area (Å²) in [6.45, 7) is 3.93. The van der Waals surface area contributed by atoms with Gasteiger partial charge >= 0.3 is 12.0 Å². The molecule has 0 bridgehead atoms. The molecule has 0 spiro atoms. The van der Waals surface area contributed by atoms with Crippen molar-refractivity contribution in [3.05, 3.63) is 17.7 Å². The third kappa shape index (κ3) is 4.85. The lowest BCUT2D eigenvalue weighted by Gasteiger charge is -2.30. The van der Waals surface area contributed by atoms with Crippen molar-refractivity contribution < 1.29 is 28.9 Å². The first-order chi connectivity index (χ1) is 12.9. The molecule has 1 aliphatic rings. The number of rotatable bonds is 8. The standard InChI is InChI=1S/C18H24N2O6S/c1-5-27-7-6-26-17(22)14-10(2)19-18(23)20-15(14)11-8-12(24-3)16(21)13(9-11)25-4/h8-9,14-15,21H,5-7H2,1-4H3,(H,20,23). The number of nitrogens with one attached hydrogen (secondary N) is 1. The van der Waals surface area contributed by atoms with Crippen LogP contribution in [-0.4, -0.2) is 55.2 Å². The van der Waals surface area contributed by atoms with E-state index in [9.17, 15) is 14.7 Å². The number of esters is 1. The Hall–Kier alpha value is -2.42. The van der Waals surface area contributed by atoms with Crippen molar-refractivity contribution in [2.75, 3.05) is 32.3 Å². The number of carbonyl (C=O) groups excluding carboxylic acids is 2. The van der Waals surface area contributed by atoms with Crippen molar-refractivity contribution in [3.63, 3.8) is 0 Å². The van der Waals surface area contributed by atoms with E-state index in [4.69, 9.17) is 14.2 Å². The molecule has 8 nitrogen and oxygen atoms in total. The maximum Gasteiger partial charge on any atom is 0.341 e. The van der Waals surface area contributed by atoms with Gasteiger partial charge in [0.05, 0.1) is 20.3 Å². The normalized spacial score (nSPS) is 19.1. The number of benzene rings is 1. The summed E-state index contributed by atoms with van der Waals surface area (Å²) < 4.78 is 15.7. The molecular formula is C18H24N2O6S. The number of amides is 2. The summed E-state index contributed by atoms with van der Waals surface area (Å²) in [5, 5.41) is 12.8. The highest BCUT2D eigenvalue weighted by Crippen LogP contribution is 2.40. The van der Waals surface area contributed by atoms with Gasteiger partial charge in [0.15, 0.2) is 11.5 Å². The molecule has 9 heteroatoms. The van der Waals surface area contributed by atoms with Gasteiger partial charge in [0.25, 0.3) is 0 Å². The summed E-state index contributed by atoms with van der Waals surface area (Å²) in [4.78, 5) is 28.5. The van der Waals surface area contributed by atoms with Crippen LogP contribution in [0.15, 0.2) is 17.1 Å². The Labute approximate surface area is 162 Å². The number of nitrogens with zero attached hydrogens (tertiary/aromatic N) is 1. The minimum Gasteiger partial charge on any atom is -0.502 e. The monoisotopic (exact) mass is 396 g/mol. The number of methoxy groups -OCH3 is 2. The molecule has 2 rings (SSSR count). The molecule has 0 fully saturated rings. The average Bonchev–Trinajstić information content (AvgIpc) is 2.64.